The third kappa shape index (κ3) is 3.47. The molecule has 0 amide bonds. The Balaban J connectivity index is 2.25. The first-order valence-electron chi connectivity index (χ1n) is 6.02. The lowest BCUT2D eigenvalue weighted by molar-refractivity contribution is 0.0733. The predicted molar refractivity (Wildman–Crippen MR) is 78.6 cm³/mol. The van der Waals surface area contributed by atoms with Gasteiger partial charge in [-0.3, -0.25) is 4.72 Å². The molecule has 0 bridgehead atoms. The van der Waals surface area contributed by atoms with E-state index in [1.54, 1.807) is 0 Å². The fraction of sp³-hybridized carbons (Fsp3) is 0.500. The minimum Gasteiger partial charge on any atom is -0.379 e. The highest BCUT2D eigenvalue weighted by molar-refractivity contribution is 9.10. The van der Waals surface area contributed by atoms with Gasteiger partial charge < -0.3 is 4.74 Å². The van der Waals surface area contributed by atoms with Crippen molar-refractivity contribution in [2.24, 2.45) is 0 Å². The molecule has 19 heavy (non-hydrogen) atoms. The molecule has 1 heterocycles. The summed E-state index contributed by atoms with van der Waals surface area (Å²) in [6, 6.07) is 3.84. The van der Waals surface area contributed by atoms with Gasteiger partial charge in [-0.2, -0.15) is 12.7 Å². The van der Waals surface area contributed by atoms with Crippen LogP contribution in [0.3, 0.4) is 0 Å². The van der Waals surface area contributed by atoms with Crippen LogP contribution in [0.1, 0.15) is 11.1 Å². The highest BCUT2D eigenvalue weighted by Crippen LogP contribution is 2.29. The van der Waals surface area contributed by atoms with E-state index in [2.05, 4.69) is 20.7 Å². The molecule has 0 spiro atoms. The normalized spacial score (nSPS) is 17.4. The number of hydrogen-bond donors (Lipinski definition) is 1. The second-order valence-electron chi connectivity index (χ2n) is 4.56. The molecule has 106 valence electrons. The summed E-state index contributed by atoms with van der Waals surface area (Å²) in [6.07, 6.45) is 0. The zero-order chi connectivity index (χ0) is 14.0. The Bertz CT molecular complexity index is 545. The minimum absolute atomic E-state index is 0.387. The van der Waals surface area contributed by atoms with Crippen molar-refractivity contribution in [2.45, 2.75) is 13.8 Å². The van der Waals surface area contributed by atoms with Crippen LogP contribution in [0.15, 0.2) is 16.6 Å². The summed E-state index contributed by atoms with van der Waals surface area (Å²) in [5.41, 5.74) is 2.57. The van der Waals surface area contributed by atoms with Gasteiger partial charge in [0.1, 0.15) is 0 Å². The number of halogens is 1. The largest absolute Gasteiger partial charge is 0.379 e. The lowest BCUT2D eigenvalue weighted by Gasteiger charge is -2.27. The molecular formula is C12H17BrN2O3S. The molecule has 7 heteroatoms. The second-order valence-corrected chi connectivity index (χ2v) is 7.08. The van der Waals surface area contributed by atoms with Gasteiger partial charge in [0.05, 0.1) is 18.9 Å². The molecule has 0 aromatic heterocycles. The first-order valence-corrected chi connectivity index (χ1v) is 8.26. The van der Waals surface area contributed by atoms with Crippen molar-refractivity contribution in [3.8, 4) is 0 Å². The number of rotatable bonds is 3. The fourth-order valence-electron chi connectivity index (χ4n) is 2.03. The van der Waals surface area contributed by atoms with E-state index in [-0.39, 0.29) is 0 Å². The van der Waals surface area contributed by atoms with Crippen molar-refractivity contribution in [1.82, 2.24) is 4.31 Å². The molecule has 1 aromatic rings. The first-order chi connectivity index (χ1) is 8.90. The summed E-state index contributed by atoms with van der Waals surface area (Å²) in [7, 11) is -3.52. The standard InChI is InChI=1S/C12H17BrN2O3S/c1-9-7-10(2)12(11(13)8-9)14-19(16,17)15-3-5-18-6-4-15/h7-8,14H,3-6H2,1-2H3. The zero-order valence-electron chi connectivity index (χ0n) is 10.9. The minimum atomic E-state index is -3.52. The van der Waals surface area contributed by atoms with Crippen LogP contribution >= 0.6 is 15.9 Å². The summed E-state index contributed by atoms with van der Waals surface area (Å²) in [4.78, 5) is 0. The summed E-state index contributed by atoms with van der Waals surface area (Å²) >= 11 is 3.40. The first kappa shape index (κ1) is 14.8. The average Bonchev–Trinajstić information content (AvgIpc) is 2.35. The highest BCUT2D eigenvalue weighted by atomic mass is 79.9. The SMILES string of the molecule is Cc1cc(C)c(NS(=O)(=O)N2CCOCC2)c(Br)c1. The maximum absolute atomic E-state index is 12.3. The van der Waals surface area contributed by atoms with E-state index >= 15 is 0 Å². The Labute approximate surface area is 122 Å². The highest BCUT2D eigenvalue weighted by Gasteiger charge is 2.25. The molecule has 1 saturated heterocycles. The third-order valence-corrected chi connectivity index (χ3v) is 5.11. The number of hydrogen-bond acceptors (Lipinski definition) is 3. The number of morpholine rings is 1. The predicted octanol–water partition coefficient (Wildman–Crippen LogP) is 2.05. The molecule has 1 N–H and O–H groups in total. The molecule has 1 aliphatic heterocycles. The molecule has 1 aromatic carbocycles. The van der Waals surface area contributed by atoms with Crippen LogP contribution in [0.2, 0.25) is 0 Å². The van der Waals surface area contributed by atoms with E-state index in [0.29, 0.717) is 32.0 Å². The van der Waals surface area contributed by atoms with Gasteiger partial charge in [0.2, 0.25) is 0 Å². The number of nitrogens with zero attached hydrogens (tertiary/aromatic N) is 1. The van der Waals surface area contributed by atoms with Crippen molar-refractivity contribution in [2.75, 3.05) is 31.0 Å². The smallest absolute Gasteiger partial charge is 0.301 e. The number of benzene rings is 1. The van der Waals surface area contributed by atoms with Gasteiger partial charge in [0, 0.05) is 17.6 Å². The van der Waals surface area contributed by atoms with Crippen LogP contribution in [0.5, 0.6) is 0 Å². The van der Waals surface area contributed by atoms with Gasteiger partial charge in [-0.1, -0.05) is 6.07 Å². The summed E-state index contributed by atoms with van der Waals surface area (Å²) in [5.74, 6) is 0. The van der Waals surface area contributed by atoms with E-state index in [0.717, 1.165) is 15.6 Å². The third-order valence-electron chi connectivity index (χ3n) is 2.97. The van der Waals surface area contributed by atoms with Crippen molar-refractivity contribution in [1.29, 1.82) is 0 Å². The van der Waals surface area contributed by atoms with Crippen molar-refractivity contribution in [3.63, 3.8) is 0 Å². The Morgan fingerprint density at radius 2 is 1.89 bits per heavy atom. The Kier molecular flexibility index (Phi) is 4.50. The lowest BCUT2D eigenvalue weighted by atomic mass is 10.1. The van der Waals surface area contributed by atoms with Crippen LogP contribution < -0.4 is 4.72 Å². The quantitative estimate of drug-likeness (QED) is 0.909. The van der Waals surface area contributed by atoms with Gasteiger partial charge in [-0.15, -0.1) is 0 Å². The maximum Gasteiger partial charge on any atom is 0.301 e. The Morgan fingerprint density at radius 3 is 2.47 bits per heavy atom. The lowest BCUT2D eigenvalue weighted by Crippen LogP contribution is -2.43. The molecule has 0 radical (unpaired) electrons. The van der Waals surface area contributed by atoms with Crippen LogP contribution in [0.4, 0.5) is 5.69 Å². The monoisotopic (exact) mass is 348 g/mol. The zero-order valence-corrected chi connectivity index (χ0v) is 13.3. The summed E-state index contributed by atoms with van der Waals surface area (Å²) in [5, 5.41) is 0. The maximum atomic E-state index is 12.3. The summed E-state index contributed by atoms with van der Waals surface area (Å²) in [6.45, 7) is 5.51. The molecule has 0 atom stereocenters. The van der Waals surface area contributed by atoms with E-state index < -0.39 is 10.2 Å². The Hall–Kier alpha value is -0.630. The Morgan fingerprint density at radius 1 is 1.26 bits per heavy atom. The van der Waals surface area contributed by atoms with E-state index in [1.165, 1.54) is 4.31 Å². The van der Waals surface area contributed by atoms with Crippen molar-refractivity contribution < 1.29 is 13.2 Å². The van der Waals surface area contributed by atoms with Gasteiger partial charge in [0.25, 0.3) is 0 Å². The van der Waals surface area contributed by atoms with Crippen LogP contribution in [0, 0.1) is 13.8 Å². The molecule has 0 aliphatic carbocycles. The number of aryl methyl sites for hydroxylation is 2. The molecule has 0 saturated carbocycles. The second kappa shape index (κ2) is 5.78. The molecular weight excluding hydrogens is 332 g/mol. The van der Waals surface area contributed by atoms with Gasteiger partial charge in [-0.05, 0) is 47.0 Å². The van der Waals surface area contributed by atoms with Crippen LogP contribution in [-0.4, -0.2) is 39.0 Å². The number of nitrogens with one attached hydrogen (secondary N) is 1. The van der Waals surface area contributed by atoms with E-state index in [1.807, 2.05) is 26.0 Å². The van der Waals surface area contributed by atoms with Crippen molar-refractivity contribution in [3.05, 3.63) is 27.7 Å². The van der Waals surface area contributed by atoms with Crippen LogP contribution in [-0.2, 0) is 14.9 Å². The fourth-order valence-corrected chi connectivity index (χ4v) is 4.22. The van der Waals surface area contributed by atoms with E-state index in [4.69, 9.17) is 4.74 Å². The van der Waals surface area contributed by atoms with Crippen molar-refractivity contribution >= 4 is 31.8 Å². The molecule has 1 aliphatic rings. The van der Waals surface area contributed by atoms with E-state index in [9.17, 15) is 8.42 Å². The number of ether oxygens (including phenoxy) is 1. The number of anilines is 1. The van der Waals surface area contributed by atoms with Gasteiger partial charge in [0.15, 0.2) is 0 Å². The molecule has 0 unspecified atom stereocenters. The summed E-state index contributed by atoms with van der Waals surface area (Å²) < 4.78 is 34.5. The van der Waals surface area contributed by atoms with Gasteiger partial charge in [-0.25, -0.2) is 0 Å². The van der Waals surface area contributed by atoms with Crippen LogP contribution in [0.25, 0.3) is 0 Å². The molecule has 2 rings (SSSR count). The molecule has 1 fully saturated rings. The average molecular weight is 349 g/mol. The topological polar surface area (TPSA) is 58.6 Å². The molecule has 5 nitrogen and oxygen atoms in total. The van der Waals surface area contributed by atoms with Gasteiger partial charge >= 0.3 is 10.2 Å².